The van der Waals surface area contributed by atoms with E-state index >= 15 is 0 Å². The van der Waals surface area contributed by atoms with Gasteiger partial charge in [0.05, 0.1) is 18.1 Å². The summed E-state index contributed by atoms with van der Waals surface area (Å²) in [4.78, 5) is 22.9. The first-order chi connectivity index (χ1) is 14.5. The molecule has 3 aromatic carbocycles. The molecule has 0 fully saturated rings. The van der Waals surface area contributed by atoms with E-state index in [1.165, 1.54) is 25.3 Å². The number of hydrogen-bond donors (Lipinski definition) is 1. The first-order valence-corrected chi connectivity index (χ1v) is 9.09. The summed E-state index contributed by atoms with van der Waals surface area (Å²) in [6, 6.07) is 20.2. The summed E-state index contributed by atoms with van der Waals surface area (Å²) in [5.41, 5.74) is 0.397. The van der Waals surface area contributed by atoms with Crippen LogP contribution in [-0.4, -0.2) is 24.0 Å². The van der Waals surface area contributed by atoms with Crippen molar-refractivity contribution in [3.63, 3.8) is 0 Å². The van der Waals surface area contributed by atoms with Gasteiger partial charge in [0.25, 0.3) is 11.6 Å². The van der Waals surface area contributed by atoms with E-state index in [1.54, 1.807) is 31.2 Å². The van der Waals surface area contributed by atoms with Gasteiger partial charge in [0, 0.05) is 11.8 Å². The van der Waals surface area contributed by atoms with Crippen LogP contribution in [0, 0.1) is 10.1 Å². The van der Waals surface area contributed by atoms with Crippen LogP contribution in [0.2, 0.25) is 0 Å². The predicted molar refractivity (Wildman–Crippen MR) is 111 cm³/mol. The van der Waals surface area contributed by atoms with Crippen LogP contribution in [0.25, 0.3) is 0 Å². The second kappa shape index (κ2) is 9.42. The summed E-state index contributed by atoms with van der Waals surface area (Å²) < 4.78 is 16.5. The molecule has 1 atom stereocenters. The number of carbonyl (C=O) groups excluding carboxylic acids is 1. The van der Waals surface area contributed by atoms with E-state index in [0.29, 0.717) is 22.9 Å². The third kappa shape index (κ3) is 5.26. The Bertz CT molecular complexity index is 1020. The van der Waals surface area contributed by atoms with Crippen molar-refractivity contribution < 1.29 is 23.9 Å². The average Bonchev–Trinajstić information content (AvgIpc) is 2.75. The normalized spacial score (nSPS) is 11.3. The highest BCUT2D eigenvalue weighted by atomic mass is 16.6. The molecule has 8 nitrogen and oxygen atoms in total. The van der Waals surface area contributed by atoms with Gasteiger partial charge in [-0.25, -0.2) is 0 Å². The first kappa shape index (κ1) is 20.7. The topological polar surface area (TPSA) is 99.9 Å². The highest BCUT2D eigenvalue weighted by molar-refractivity contribution is 5.94. The molecule has 0 bridgehead atoms. The molecule has 0 radical (unpaired) electrons. The smallest absolute Gasteiger partial charge is 0.273 e. The van der Waals surface area contributed by atoms with Crippen molar-refractivity contribution in [2.45, 2.75) is 13.0 Å². The van der Waals surface area contributed by atoms with E-state index in [-0.39, 0.29) is 11.4 Å². The molecule has 0 saturated carbocycles. The fourth-order valence-electron chi connectivity index (χ4n) is 2.59. The molecule has 3 rings (SSSR count). The first-order valence-electron chi connectivity index (χ1n) is 9.09. The number of methoxy groups -OCH3 is 1. The summed E-state index contributed by atoms with van der Waals surface area (Å²) in [6.07, 6.45) is -0.916. The van der Waals surface area contributed by atoms with Gasteiger partial charge in [0.2, 0.25) is 0 Å². The number of carbonyl (C=O) groups is 1. The van der Waals surface area contributed by atoms with Crippen molar-refractivity contribution in [2.75, 3.05) is 12.4 Å². The average molecular weight is 408 g/mol. The lowest BCUT2D eigenvalue weighted by atomic mass is 10.2. The zero-order chi connectivity index (χ0) is 21.5. The Morgan fingerprint density at radius 3 is 2.27 bits per heavy atom. The van der Waals surface area contributed by atoms with E-state index in [9.17, 15) is 14.9 Å². The number of nitrogens with zero attached hydrogens (tertiary/aromatic N) is 1. The maximum atomic E-state index is 12.5. The van der Waals surface area contributed by atoms with Crippen molar-refractivity contribution in [1.29, 1.82) is 0 Å². The Morgan fingerprint density at radius 1 is 0.967 bits per heavy atom. The molecule has 0 unspecified atom stereocenters. The van der Waals surface area contributed by atoms with Crippen LogP contribution in [0.3, 0.4) is 0 Å². The third-order valence-corrected chi connectivity index (χ3v) is 4.13. The molecule has 0 aliphatic rings. The van der Waals surface area contributed by atoms with Crippen molar-refractivity contribution in [3.8, 4) is 23.0 Å². The van der Waals surface area contributed by atoms with E-state index < -0.39 is 16.9 Å². The highest BCUT2D eigenvalue weighted by Gasteiger charge is 2.19. The largest absolute Gasteiger partial charge is 0.493 e. The lowest BCUT2D eigenvalue weighted by Gasteiger charge is -2.16. The Kier molecular flexibility index (Phi) is 6.49. The maximum absolute atomic E-state index is 12.5. The number of nitro benzene ring substituents is 1. The van der Waals surface area contributed by atoms with Crippen molar-refractivity contribution >= 4 is 17.3 Å². The predicted octanol–water partition coefficient (Wildman–Crippen LogP) is 4.80. The number of para-hydroxylation sites is 1. The Balaban J connectivity index is 1.63. The summed E-state index contributed by atoms with van der Waals surface area (Å²) in [5, 5.41) is 13.7. The fraction of sp³-hybridized carbons (Fsp3) is 0.136. The number of nitrogens with one attached hydrogen (secondary N) is 1. The maximum Gasteiger partial charge on any atom is 0.273 e. The van der Waals surface area contributed by atoms with E-state index in [4.69, 9.17) is 14.2 Å². The molecule has 3 aromatic rings. The van der Waals surface area contributed by atoms with Crippen molar-refractivity contribution in [3.05, 3.63) is 82.9 Å². The van der Waals surface area contributed by atoms with Crippen LogP contribution in [0.15, 0.2) is 72.8 Å². The molecule has 1 amide bonds. The number of anilines is 1. The number of rotatable bonds is 8. The SMILES string of the molecule is COc1ccc([N+](=O)[O-])cc1O[C@H](C)C(=O)Nc1ccc(Oc2ccccc2)cc1. The molecule has 0 aliphatic carbocycles. The van der Waals surface area contributed by atoms with Gasteiger partial charge in [0.1, 0.15) is 11.5 Å². The second-order valence-electron chi connectivity index (χ2n) is 6.28. The summed E-state index contributed by atoms with van der Waals surface area (Å²) >= 11 is 0. The minimum Gasteiger partial charge on any atom is -0.493 e. The van der Waals surface area contributed by atoms with Crippen LogP contribution in [0.1, 0.15) is 6.92 Å². The number of benzene rings is 3. The van der Waals surface area contributed by atoms with Gasteiger partial charge >= 0.3 is 0 Å². The van der Waals surface area contributed by atoms with Crippen molar-refractivity contribution in [2.24, 2.45) is 0 Å². The minimum absolute atomic E-state index is 0.112. The van der Waals surface area contributed by atoms with Gasteiger partial charge in [-0.3, -0.25) is 14.9 Å². The Labute approximate surface area is 173 Å². The molecular weight excluding hydrogens is 388 g/mol. The van der Waals surface area contributed by atoms with Crippen LogP contribution < -0.4 is 19.5 Å². The zero-order valence-corrected chi connectivity index (χ0v) is 16.4. The molecule has 0 saturated heterocycles. The van der Waals surface area contributed by atoms with E-state index in [2.05, 4.69) is 5.32 Å². The lowest BCUT2D eigenvalue weighted by molar-refractivity contribution is -0.385. The summed E-state index contributed by atoms with van der Waals surface area (Å²) in [5.74, 6) is 1.33. The number of nitro groups is 1. The van der Waals surface area contributed by atoms with Gasteiger partial charge in [-0.05, 0) is 49.4 Å². The minimum atomic E-state index is -0.916. The lowest BCUT2D eigenvalue weighted by Crippen LogP contribution is -2.30. The Hall–Kier alpha value is -4.07. The molecule has 0 spiro atoms. The number of ether oxygens (including phenoxy) is 3. The number of hydrogen-bond acceptors (Lipinski definition) is 6. The Morgan fingerprint density at radius 2 is 1.63 bits per heavy atom. The molecule has 0 aliphatic heterocycles. The van der Waals surface area contributed by atoms with Gasteiger partial charge < -0.3 is 19.5 Å². The molecular formula is C22H20N2O6. The number of amides is 1. The molecule has 8 heteroatoms. The zero-order valence-electron chi connectivity index (χ0n) is 16.4. The molecule has 0 heterocycles. The van der Waals surface area contributed by atoms with Crippen molar-refractivity contribution in [1.82, 2.24) is 0 Å². The molecule has 30 heavy (non-hydrogen) atoms. The van der Waals surface area contributed by atoms with Gasteiger partial charge in [-0.15, -0.1) is 0 Å². The molecule has 0 aromatic heterocycles. The van der Waals surface area contributed by atoms with E-state index in [1.807, 2.05) is 30.3 Å². The quantitative estimate of drug-likeness (QED) is 0.424. The molecule has 154 valence electrons. The highest BCUT2D eigenvalue weighted by Crippen LogP contribution is 2.32. The standard InChI is InChI=1S/C22H20N2O6/c1-15(29-21-14-17(24(26)27)10-13-20(21)28-2)22(25)23-16-8-11-19(12-9-16)30-18-6-4-3-5-7-18/h3-15H,1-2H3,(H,23,25)/t15-/m1/s1. The molecule has 1 N–H and O–H groups in total. The van der Waals surface area contributed by atoms with Gasteiger partial charge in [-0.1, -0.05) is 18.2 Å². The summed E-state index contributed by atoms with van der Waals surface area (Å²) in [7, 11) is 1.41. The fourth-order valence-corrected chi connectivity index (χ4v) is 2.59. The summed E-state index contributed by atoms with van der Waals surface area (Å²) in [6.45, 7) is 1.54. The van der Waals surface area contributed by atoms with Crippen LogP contribution in [-0.2, 0) is 4.79 Å². The number of non-ortho nitro benzene ring substituents is 1. The van der Waals surface area contributed by atoms with Gasteiger partial charge in [0.15, 0.2) is 17.6 Å². The second-order valence-corrected chi connectivity index (χ2v) is 6.28. The third-order valence-electron chi connectivity index (χ3n) is 4.13. The van der Waals surface area contributed by atoms with Gasteiger partial charge in [-0.2, -0.15) is 0 Å². The van der Waals surface area contributed by atoms with Crippen LogP contribution in [0.4, 0.5) is 11.4 Å². The van der Waals surface area contributed by atoms with Crippen LogP contribution in [0.5, 0.6) is 23.0 Å². The monoisotopic (exact) mass is 408 g/mol. The van der Waals surface area contributed by atoms with Crippen LogP contribution >= 0.6 is 0 Å². The van der Waals surface area contributed by atoms with E-state index in [0.717, 1.165) is 0 Å².